The number of benzene rings is 1. The Labute approximate surface area is 195 Å². The smallest absolute Gasteiger partial charge is 0.118 e. The molecule has 32 heavy (non-hydrogen) atoms. The van der Waals surface area contributed by atoms with Crippen molar-refractivity contribution in [1.29, 1.82) is 0 Å². The summed E-state index contributed by atoms with van der Waals surface area (Å²) in [6.07, 6.45) is 3.37. The topological polar surface area (TPSA) is 22.3 Å². The Balaban J connectivity index is 1.46. The zero-order chi connectivity index (χ0) is 22.5. The fourth-order valence-corrected chi connectivity index (χ4v) is 6.99. The first-order valence-electron chi connectivity index (χ1n) is 12.2. The Morgan fingerprint density at radius 1 is 1.16 bits per heavy atom. The number of nitrogens with zero attached hydrogens (tertiary/aromatic N) is 2. The molecule has 0 saturated carbocycles. The summed E-state index contributed by atoms with van der Waals surface area (Å²) in [6.45, 7) is 12.1. The average Bonchev–Trinajstić information content (AvgIpc) is 3.30. The number of nitrogens with one attached hydrogen (secondary N) is 1. The Kier molecular flexibility index (Phi) is 5.93. The number of fused-ring (bicyclic) bond motifs is 3. The van der Waals surface area contributed by atoms with Crippen LogP contribution in [0.3, 0.4) is 0 Å². The van der Waals surface area contributed by atoms with E-state index in [1.54, 1.807) is 13.8 Å². The van der Waals surface area contributed by atoms with Crippen LogP contribution >= 0.6 is 11.3 Å². The fraction of sp³-hybridized carbons (Fsp3) is 0.556. The van der Waals surface area contributed by atoms with Gasteiger partial charge >= 0.3 is 0 Å². The van der Waals surface area contributed by atoms with Gasteiger partial charge in [-0.05, 0) is 76.3 Å². The van der Waals surface area contributed by atoms with Crippen molar-refractivity contribution < 1.29 is 4.39 Å². The molecule has 1 saturated heterocycles. The molecular formula is C27H36FN3S. The lowest BCUT2D eigenvalue weighted by Gasteiger charge is -2.42. The molecule has 0 bridgehead atoms. The van der Waals surface area contributed by atoms with Crippen LogP contribution in [0.1, 0.15) is 61.2 Å². The first kappa shape index (κ1) is 22.1. The molecule has 2 aromatic heterocycles. The van der Waals surface area contributed by atoms with Gasteiger partial charge in [0.05, 0.1) is 6.04 Å². The number of alkyl halides is 1. The molecular weight excluding hydrogens is 417 g/mol. The van der Waals surface area contributed by atoms with Crippen LogP contribution in [-0.4, -0.2) is 52.7 Å². The molecule has 0 radical (unpaired) electrons. The quantitative estimate of drug-likeness (QED) is 0.460. The highest BCUT2D eigenvalue weighted by Crippen LogP contribution is 2.43. The van der Waals surface area contributed by atoms with E-state index >= 15 is 0 Å². The predicted molar refractivity (Wildman–Crippen MR) is 133 cm³/mol. The second-order valence-electron chi connectivity index (χ2n) is 10.5. The largest absolute Gasteiger partial charge is 0.357 e. The summed E-state index contributed by atoms with van der Waals surface area (Å²) in [6, 6.07) is 13.6. The third-order valence-corrected chi connectivity index (χ3v) is 8.25. The fourth-order valence-electron chi connectivity index (χ4n) is 5.73. The van der Waals surface area contributed by atoms with Gasteiger partial charge < -0.3 is 9.88 Å². The molecule has 4 heterocycles. The van der Waals surface area contributed by atoms with Crippen molar-refractivity contribution >= 4 is 22.2 Å². The van der Waals surface area contributed by atoms with E-state index in [2.05, 4.69) is 65.0 Å². The lowest BCUT2D eigenvalue weighted by Crippen LogP contribution is -2.47. The highest BCUT2D eigenvalue weighted by molar-refractivity contribution is 7.12. The number of hydrogen-bond acceptors (Lipinski definition) is 3. The SMILES string of the molecule is CCCN1CC(Cc2ccc([C@@H]3c4[nH]c5ccccc5c4CC(C)N3CC(C)(C)F)s2)C1. The highest BCUT2D eigenvalue weighted by atomic mass is 32.1. The van der Waals surface area contributed by atoms with Gasteiger partial charge in [0, 0.05) is 52.0 Å². The van der Waals surface area contributed by atoms with E-state index in [1.807, 2.05) is 11.3 Å². The summed E-state index contributed by atoms with van der Waals surface area (Å²) in [5.74, 6) is 0.780. The van der Waals surface area contributed by atoms with Crippen molar-refractivity contribution in [3.8, 4) is 0 Å². The predicted octanol–water partition coefficient (Wildman–Crippen LogP) is 6.20. The first-order chi connectivity index (χ1) is 15.3. The second-order valence-corrected chi connectivity index (χ2v) is 11.7. The van der Waals surface area contributed by atoms with Gasteiger partial charge in [0.2, 0.25) is 0 Å². The Bertz CT molecular complexity index is 1070. The first-order valence-corrected chi connectivity index (χ1v) is 13.0. The molecule has 0 aliphatic carbocycles. The zero-order valence-electron chi connectivity index (χ0n) is 19.8. The molecule has 1 N–H and O–H groups in total. The summed E-state index contributed by atoms with van der Waals surface area (Å²) in [5, 5.41) is 1.32. The summed E-state index contributed by atoms with van der Waals surface area (Å²) in [4.78, 5) is 11.5. The second kappa shape index (κ2) is 8.58. The van der Waals surface area contributed by atoms with E-state index in [4.69, 9.17) is 0 Å². The normalized spacial score (nSPS) is 22.9. The highest BCUT2D eigenvalue weighted by Gasteiger charge is 2.39. The lowest BCUT2D eigenvalue weighted by molar-refractivity contribution is 0.0679. The van der Waals surface area contributed by atoms with Crippen molar-refractivity contribution in [2.45, 2.75) is 64.7 Å². The Hall–Kier alpha value is -1.69. The minimum Gasteiger partial charge on any atom is -0.357 e. The number of aromatic nitrogens is 1. The molecule has 1 aromatic carbocycles. The zero-order valence-corrected chi connectivity index (χ0v) is 20.6. The molecule has 2 aliphatic rings. The maximum absolute atomic E-state index is 14.9. The Morgan fingerprint density at radius 3 is 2.69 bits per heavy atom. The molecule has 1 fully saturated rings. The van der Waals surface area contributed by atoms with Crippen LogP contribution in [0.15, 0.2) is 36.4 Å². The number of rotatable bonds is 7. The number of halogens is 1. The minimum absolute atomic E-state index is 0.0907. The van der Waals surface area contributed by atoms with Crippen molar-refractivity contribution in [1.82, 2.24) is 14.8 Å². The standard InChI is InChI=1S/C27H36FN3S/c1-5-12-30-15-19(16-30)14-20-10-11-24(32-20)26-25-22(21-8-6-7-9-23(21)29-25)13-18(2)31(26)17-27(3,4)28/h6-11,18-19,26,29H,5,12-17H2,1-4H3/t18?,26-/m1/s1. The lowest BCUT2D eigenvalue weighted by atomic mass is 9.90. The van der Waals surface area contributed by atoms with Crippen molar-refractivity contribution in [2.75, 3.05) is 26.2 Å². The Morgan fingerprint density at radius 2 is 1.94 bits per heavy atom. The molecule has 0 spiro atoms. The minimum atomic E-state index is -1.23. The maximum atomic E-state index is 14.9. The van der Waals surface area contributed by atoms with Crippen LogP contribution in [0.5, 0.6) is 0 Å². The van der Waals surface area contributed by atoms with Crippen LogP contribution in [0.25, 0.3) is 10.9 Å². The van der Waals surface area contributed by atoms with Gasteiger partial charge in [-0.1, -0.05) is 25.1 Å². The molecule has 5 heteroatoms. The molecule has 2 atom stereocenters. The van der Waals surface area contributed by atoms with Crippen LogP contribution < -0.4 is 0 Å². The molecule has 2 aliphatic heterocycles. The average molecular weight is 454 g/mol. The van der Waals surface area contributed by atoms with Gasteiger partial charge in [0.25, 0.3) is 0 Å². The number of para-hydroxylation sites is 1. The van der Waals surface area contributed by atoms with E-state index in [0.717, 1.165) is 12.3 Å². The van der Waals surface area contributed by atoms with E-state index in [9.17, 15) is 4.39 Å². The van der Waals surface area contributed by atoms with Gasteiger partial charge in [0.1, 0.15) is 5.67 Å². The van der Waals surface area contributed by atoms with Crippen LogP contribution in [0, 0.1) is 5.92 Å². The van der Waals surface area contributed by atoms with E-state index in [0.29, 0.717) is 12.6 Å². The van der Waals surface area contributed by atoms with Crippen molar-refractivity contribution in [3.05, 3.63) is 57.4 Å². The number of hydrogen-bond donors (Lipinski definition) is 1. The van der Waals surface area contributed by atoms with Crippen LogP contribution in [-0.2, 0) is 12.8 Å². The van der Waals surface area contributed by atoms with Gasteiger partial charge in [-0.3, -0.25) is 4.90 Å². The number of aromatic amines is 1. The molecule has 3 aromatic rings. The summed E-state index contributed by atoms with van der Waals surface area (Å²) >= 11 is 1.93. The summed E-state index contributed by atoms with van der Waals surface area (Å²) in [7, 11) is 0. The third-order valence-electron chi connectivity index (χ3n) is 7.09. The van der Waals surface area contributed by atoms with Gasteiger partial charge in [-0.15, -0.1) is 11.3 Å². The van der Waals surface area contributed by atoms with Crippen LogP contribution in [0.2, 0.25) is 0 Å². The summed E-state index contributed by atoms with van der Waals surface area (Å²) in [5.41, 5.74) is 2.64. The van der Waals surface area contributed by atoms with Crippen molar-refractivity contribution in [2.24, 2.45) is 5.92 Å². The maximum Gasteiger partial charge on any atom is 0.118 e. The van der Waals surface area contributed by atoms with E-state index in [1.165, 1.54) is 64.4 Å². The van der Waals surface area contributed by atoms with E-state index in [-0.39, 0.29) is 6.04 Å². The number of H-pyrrole nitrogens is 1. The van der Waals surface area contributed by atoms with Gasteiger partial charge in [-0.2, -0.15) is 0 Å². The summed E-state index contributed by atoms with van der Waals surface area (Å²) < 4.78 is 14.9. The molecule has 1 unspecified atom stereocenters. The molecule has 5 rings (SSSR count). The monoisotopic (exact) mass is 453 g/mol. The molecule has 0 amide bonds. The third kappa shape index (κ3) is 4.27. The van der Waals surface area contributed by atoms with Gasteiger partial charge in [-0.25, -0.2) is 4.39 Å². The van der Waals surface area contributed by atoms with Crippen molar-refractivity contribution in [3.63, 3.8) is 0 Å². The van der Waals surface area contributed by atoms with E-state index < -0.39 is 5.67 Å². The number of likely N-dealkylation sites (tertiary alicyclic amines) is 1. The van der Waals surface area contributed by atoms with Crippen LogP contribution in [0.4, 0.5) is 4.39 Å². The van der Waals surface area contributed by atoms with Gasteiger partial charge in [0.15, 0.2) is 0 Å². The molecule has 172 valence electrons. The molecule has 3 nitrogen and oxygen atoms in total. The number of thiophene rings is 1.